The van der Waals surface area contributed by atoms with E-state index in [0.717, 1.165) is 16.0 Å². The summed E-state index contributed by atoms with van der Waals surface area (Å²) in [7, 11) is 0. The van der Waals surface area contributed by atoms with E-state index in [1.165, 1.54) is 29.9 Å². The molecule has 3 aromatic rings. The Balaban J connectivity index is 1.78. The predicted octanol–water partition coefficient (Wildman–Crippen LogP) is 2.73. The van der Waals surface area contributed by atoms with E-state index in [1.54, 1.807) is 12.4 Å². The molecule has 0 saturated heterocycles. The first kappa shape index (κ1) is 17.7. The quantitative estimate of drug-likeness (QED) is 0.723. The first-order valence-corrected chi connectivity index (χ1v) is 8.72. The summed E-state index contributed by atoms with van der Waals surface area (Å²) in [5.41, 5.74) is 2.40. The zero-order valence-corrected chi connectivity index (χ0v) is 15.1. The largest absolute Gasteiger partial charge is 0.348 e. The lowest BCUT2D eigenvalue weighted by Gasteiger charge is -2.08. The molecule has 0 radical (unpaired) electrons. The molecule has 2 amide bonds. The SMILES string of the molecule is Cc1sc(NC(=O)c2cnccn2)c(C(=O)NCc2cccnc2)c1C. The molecule has 0 unspecified atom stereocenters. The van der Waals surface area contributed by atoms with Crippen LogP contribution in [-0.4, -0.2) is 26.8 Å². The van der Waals surface area contributed by atoms with Crippen molar-refractivity contribution in [2.75, 3.05) is 5.32 Å². The zero-order chi connectivity index (χ0) is 18.5. The van der Waals surface area contributed by atoms with Crippen molar-refractivity contribution in [3.8, 4) is 0 Å². The van der Waals surface area contributed by atoms with Gasteiger partial charge in [-0.25, -0.2) is 4.98 Å². The summed E-state index contributed by atoms with van der Waals surface area (Å²) in [5, 5.41) is 6.14. The van der Waals surface area contributed by atoms with Gasteiger partial charge in [-0.2, -0.15) is 0 Å². The number of aromatic nitrogens is 3. The molecule has 0 spiro atoms. The highest BCUT2D eigenvalue weighted by Gasteiger charge is 2.21. The van der Waals surface area contributed by atoms with Crippen molar-refractivity contribution in [1.29, 1.82) is 0 Å². The van der Waals surface area contributed by atoms with E-state index < -0.39 is 5.91 Å². The molecule has 3 aromatic heterocycles. The number of pyridine rings is 1. The van der Waals surface area contributed by atoms with Gasteiger partial charge in [-0.3, -0.25) is 19.6 Å². The van der Waals surface area contributed by atoms with E-state index in [4.69, 9.17) is 0 Å². The van der Waals surface area contributed by atoms with Gasteiger partial charge in [0, 0.05) is 36.2 Å². The lowest BCUT2D eigenvalue weighted by atomic mass is 10.1. The Morgan fingerprint density at radius 2 is 1.88 bits per heavy atom. The van der Waals surface area contributed by atoms with Crippen LogP contribution >= 0.6 is 11.3 Å². The second kappa shape index (κ2) is 7.83. The second-order valence-electron chi connectivity index (χ2n) is 5.58. The van der Waals surface area contributed by atoms with Crippen LogP contribution < -0.4 is 10.6 Å². The van der Waals surface area contributed by atoms with Crippen LogP contribution in [0.1, 0.15) is 36.9 Å². The van der Waals surface area contributed by atoms with Gasteiger partial charge in [-0.1, -0.05) is 6.07 Å². The number of anilines is 1. The van der Waals surface area contributed by atoms with Crippen LogP contribution in [0.5, 0.6) is 0 Å². The number of hydrogen-bond acceptors (Lipinski definition) is 6. The number of rotatable bonds is 5. The van der Waals surface area contributed by atoms with Crippen LogP contribution in [-0.2, 0) is 6.54 Å². The third-order valence-corrected chi connectivity index (χ3v) is 4.93. The lowest BCUT2D eigenvalue weighted by Crippen LogP contribution is -2.25. The van der Waals surface area contributed by atoms with E-state index in [0.29, 0.717) is 17.1 Å². The number of aryl methyl sites for hydroxylation is 1. The fourth-order valence-corrected chi connectivity index (χ4v) is 3.40. The van der Waals surface area contributed by atoms with E-state index >= 15 is 0 Å². The van der Waals surface area contributed by atoms with Gasteiger partial charge >= 0.3 is 0 Å². The Morgan fingerprint density at radius 3 is 2.58 bits per heavy atom. The molecule has 2 N–H and O–H groups in total. The molecule has 0 saturated carbocycles. The van der Waals surface area contributed by atoms with Gasteiger partial charge in [-0.15, -0.1) is 11.3 Å². The number of carbonyl (C=O) groups excluding carboxylic acids is 2. The zero-order valence-electron chi connectivity index (χ0n) is 14.3. The van der Waals surface area contributed by atoms with Gasteiger partial charge in [-0.05, 0) is 31.0 Å². The highest BCUT2D eigenvalue weighted by Crippen LogP contribution is 2.32. The molecule has 0 aliphatic carbocycles. The number of thiophene rings is 1. The molecule has 0 atom stereocenters. The van der Waals surface area contributed by atoms with Crippen LogP contribution in [0, 0.1) is 13.8 Å². The molecular weight excluding hydrogens is 350 g/mol. The van der Waals surface area contributed by atoms with Gasteiger partial charge in [0.15, 0.2) is 0 Å². The van der Waals surface area contributed by atoms with E-state index in [2.05, 4.69) is 25.6 Å². The van der Waals surface area contributed by atoms with Crippen molar-refractivity contribution in [1.82, 2.24) is 20.3 Å². The molecule has 3 heterocycles. The third-order valence-electron chi connectivity index (χ3n) is 3.81. The van der Waals surface area contributed by atoms with Crippen molar-refractivity contribution in [3.05, 3.63) is 70.4 Å². The minimum atomic E-state index is -0.402. The van der Waals surface area contributed by atoms with Crippen LogP contribution in [0.25, 0.3) is 0 Å². The maximum atomic E-state index is 12.7. The van der Waals surface area contributed by atoms with Crippen molar-refractivity contribution < 1.29 is 9.59 Å². The number of carbonyl (C=O) groups is 2. The summed E-state index contributed by atoms with van der Waals surface area (Å²) in [5.74, 6) is -0.647. The van der Waals surface area contributed by atoms with Crippen LogP contribution in [0.15, 0.2) is 43.1 Å². The van der Waals surface area contributed by atoms with Crippen molar-refractivity contribution >= 4 is 28.2 Å². The van der Waals surface area contributed by atoms with Gasteiger partial charge in [0.25, 0.3) is 11.8 Å². The minimum Gasteiger partial charge on any atom is -0.348 e. The smallest absolute Gasteiger partial charge is 0.276 e. The van der Waals surface area contributed by atoms with Gasteiger partial charge in [0.1, 0.15) is 10.7 Å². The van der Waals surface area contributed by atoms with Crippen molar-refractivity contribution in [3.63, 3.8) is 0 Å². The highest BCUT2D eigenvalue weighted by molar-refractivity contribution is 7.16. The molecule has 0 aliphatic heterocycles. The van der Waals surface area contributed by atoms with Crippen molar-refractivity contribution in [2.24, 2.45) is 0 Å². The predicted molar refractivity (Wildman–Crippen MR) is 99.2 cm³/mol. The summed E-state index contributed by atoms with van der Waals surface area (Å²) in [4.78, 5) is 37.9. The summed E-state index contributed by atoms with van der Waals surface area (Å²) in [6.07, 6.45) is 7.69. The maximum absolute atomic E-state index is 12.7. The summed E-state index contributed by atoms with van der Waals surface area (Å²) in [6, 6.07) is 3.70. The maximum Gasteiger partial charge on any atom is 0.276 e. The Kier molecular flexibility index (Phi) is 5.33. The van der Waals surface area contributed by atoms with Gasteiger partial charge in [0.05, 0.1) is 11.8 Å². The molecule has 0 aromatic carbocycles. The lowest BCUT2D eigenvalue weighted by molar-refractivity contribution is 0.0951. The average Bonchev–Trinajstić information content (AvgIpc) is 2.95. The normalized spacial score (nSPS) is 10.4. The molecular formula is C18H17N5O2S. The standard InChI is InChI=1S/C18H17N5O2S/c1-11-12(2)26-18(23-16(24)14-10-20-6-7-21-14)15(11)17(25)22-9-13-4-3-5-19-8-13/h3-8,10H,9H2,1-2H3,(H,22,25)(H,23,24). The summed E-state index contributed by atoms with van der Waals surface area (Å²) >= 11 is 1.36. The fourth-order valence-electron chi connectivity index (χ4n) is 2.35. The van der Waals surface area contributed by atoms with Crippen molar-refractivity contribution in [2.45, 2.75) is 20.4 Å². The molecule has 7 nitrogen and oxygen atoms in total. The molecule has 8 heteroatoms. The number of nitrogens with one attached hydrogen (secondary N) is 2. The topological polar surface area (TPSA) is 96.9 Å². The molecule has 3 rings (SSSR count). The van der Waals surface area contributed by atoms with E-state index in [9.17, 15) is 9.59 Å². The Hall–Kier alpha value is -3.13. The second-order valence-corrected chi connectivity index (χ2v) is 6.80. The molecule has 0 aliphatic rings. The van der Waals surface area contributed by atoms with Gasteiger partial charge in [0.2, 0.25) is 0 Å². The van der Waals surface area contributed by atoms with E-state index in [-0.39, 0.29) is 11.6 Å². The Bertz CT molecular complexity index is 926. The number of amides is 2. The highest BCUT2D eigenvalue weighted by atomic mass is 32.1. The first-order valence-electron chi connectivity index (χ1n) is 7.90. The molecule has 26 heavy (non-hydrogen) atoms. The summed E-state index contributed by atoms with van der Waals surface area (Å²) in [6.45, 7) is 4.14. The monoisotopic (exact) mass is 367 g/mol. The van der Waals surface area contributed by atoms with E-state index in [1.807, 2.05) is 26.0 Å². The number of nitrogens with zero attached hydrogens (tertiary/aromatic N) is 3. The first-order chi connectivity index (χ1) is 12.6. The Morgan fingerprint density at radius 1 is 1.08 bits per heavy atom. The average molecular weight is 367 g/mol. The van der Waals surface area contributed by atoms with Crippen LogP contribution in [0.3, 0.4) is 0 Å². The van der Waals surface area contributed by atoms with Crippen LogP contribution in [0.2, 0.25) is 0 Å². The number of hydrogen-bond donors (Lipinski definition) is 2. The Labute approximate surface area is 154 Å². The van der Waals surface area contributed by atoms with Crippen LogP contribution in [0.4, 0.5) is 5.00 Å². The molecule has 0 bridgehead atoms. The summed E-state index contributed by atoms with van der Waals surface area (Å²) < 4.78 is 0. The third kappa shape index (κ3) is 3.92. The fraction of sp³-hybridized carbons (Fsp3) is 0.167. The molecule has 0 fully saturated rings. The minimum absolute atomic E-state index is 0.193. The molecule has 132 valence electrons. The van der Waals surface area contributed by atoms with Gasteiger partial charge < -0.3 is 10.6 Å².